The van der Waals surface area contributed by atoms with E-state index in [1.807, 2.05) is 18.2 Å². The molecule has 4 N–H and O–H groups in total. The third-order valence-electron chi connectivity index (χ3n) is 3.10. The zero-order chi connectivity index (χ0) is 13.2. The Bertz CT molecular complexity index is 628. The van der Waals surface area contributed by atoms with Crippen LogP contribution in [0.25, 0.3) is 0 Å². The van der Waals surface area contributed by atoms with E-state index >= 15 is 0 Å². The normalized spacial score (nSPS) is 16.7. The minimum atomic E-state index is -0.340. The number of nitrogen functional groups attached to an aromatic ring is 1. The highest BCUT2D eigenvalue weighted by Gasteiger charge is 2.22. The van der Waals surface area contributed by atoms with Crippen LogP contribution in [0.15, 0.2) is 35.4 Å². The molecule has 0 amide bonds. The van der Waals surface area contributed by atoms with Gasteiger partial charge in [-0.25, -0.2) is 4.98 Å². The fourth-order valence-electron chi connectivity index (χ4n) is 2.13. The van der Waals surface area contributed by atoms with Crippen LogP contribution >= 0.6 is 0 Å². The van der Waals surface area contributed by atoms with Crippen LogP contribution < -0.4 is 21.3 Å². The van der Waals surface area contributed by atoms with Gasteiger partial charge in [0.2, 0.25) is 0 Å². The summed E-state index contributed by atoms with van der Waals surface area (Å²) in [6, 6.07) is 7.95. The molecule has 1 aromatic carbocycles. The van der Waals surface area contributed by atoms with Gasteiger partial charge in [-0.05, 0) is 11.6 Å². The molecule has 6 nitrogen and oxygen atoms in total. The highest BCUT2D eigenvalue weighted by Crippen LogP contribution is 2.28. The summed E-state index contributed by atoms with van der Waals surface area (Å²) in [5.74, 6) is 1.31. The van der Waals surface area contributed by atoms with Crippen LogP contribution in [0.4, 0.5) is 11.5 Å². The molecule has 2 aromatic rings. The maximum absolute atomic E-state index is 11.3. The fourth-order valence-corrected chi connectivity index (χ4v) is 2.13. The molecule has 0 aliphatic carbocycles. The lowest BCUT2D eigenvalue weighted by Crippen LogP contribution is -2.26. The van der Waals surface area contributed by atoms with Crippen LogP contribution in [0.5, 0.6) is 5.75 Å². The van der Waals surface area contributed by atoms with E-state index in [1.54, 1.807) is 0 Å². The molecule has 0 bridgehead atoms. The highest BCUT2D eigenvalue weighted by atomic mass is 16.5. The van der Waals surface area contributed by atoms with Gasteiger partial charge in [0, 0.05) is 6.42 Å². The van der Waals surface area contributed by atoms with Crippen molar-refractivity contribution in [1.82, 2.24) is 9.97 Å². The van der Waals surface area contributed by atoms with Crippen LogP contribution in [0.2, 0.25) is 0 Å². The standard InChI is InChI=1S/C13H14N4O2/c14-11-12(16-7-17-13(11)18)15-6-9-5-8-3-1-2-4-10(8)19-9/h1-4,7,9H,5-6,14H2,(H2,15,16,17,18). The Labute approximate surface area is 109 Å². The molecule has 6 heteroatoms. The molecule has 1 aliphatic heterocycles. The molecule has 1 unspecified atom stereocenters. The number of hydrogen-bond donors (Lipinski definition) is 3. The first-order valence-electron chi connectivity index (χ1n) is 6.05. The number of ether oxygens (including phenoxy) is 1. The zero-order valence-corrected chi connectivity index (χ0v) is 10.2. The third kappa shape index (κ3) is 2.24. The van der Waals surface area contributed by atoms with Crippen molar-refractivity contribution < 1.29 is 4.74 Å². The van der Waals surface area contributed by atoms with Crippen LogP contribution in [0.1, 0.15) is 5.56 Å². The Balaban J connectivity index is 1.66. The number of nitrogens with zero attached hydrogens (tertiary/aromatic N) is 1. The smallest absolute Gasteiger partial charge is 0.276 e. The maximum Gasteiger partial charge on any atom is 0.276 e. The quantitative estimate of drug-likeness (QED) is 0.756. The number of nitrogens with one attached hydrogen (secondary N) is 2. The van der Waals surface area contributed by atoms with Gasteiger partial charge in [0.15, 0.2) is 5.82 Å². The summed E-state index contributed by atoms with van der Waals surface area (Å²) in [6.07, 6.45) is 2.19. The number of anilines is 2. The monoisotopic (exact) mass is 258 g/mol. The van der Waals surface area contributed by atoms with Crippen LogP contribution in [0, 0.1) is 0 Å². The summed E-state index contributed by atoms with van der Waals surface area (Å²) in [6.45, 7) is 0.551. The van der Waals surface area contributed by atoms with Gasteiger partial charge in [-0.2, -0.15) is 0 Å². The largest absolute Gasteiger partial charge is 0.488 e. The number of para-hydroxylation sites is 1. The Morgan fingerprint density at radius 2 is 2.32 bits per heavy atom. The van der Waals surface area contributed by atoms with E-state index in [-0.39, 0.29) is 17.4 Å². The number of nitrogens with two attached hydrogens (primary N) is 1. The third-order valence-corrected chi connectivity index (χ3v) is 3.10. The molecule has 0 fully saturated rings. The Kier molecular flexibility index (Phi) is 2.83. The van der Waals surface area contributed by atoms with Crippen molar-refractivity contribution >= 4 is 11.5 Å². The number of benzene rings is 1. The zero-order valence-electron chi connectivity index (χ0n) is 10.2. The first-order valence-corrected chi connectivity index (χ1v) is 6.05. The summed E-state index contributed by atoms with van der Waals surface area (Å²) in [7, 11) is 0. The van der Waals surface area contributed by atoms with Crippen molar-refractivity contribution in [3.8, 4) is 5.75 Å². The predicted octanol–water partition coefficient (Wildman–Crippen LogP) is 0.768. The summed E-state index contributed by atoms with van der Waals surface area (Å²) in [5, 5.41) is 3.05. The van der Waals surface area contributed by atoms with Gasteiger partial charge in [-0.15, -0.1) is 0 Å². The van der Waals surface area contributed by atoms with E-state index in [4.69, 9.17) is 10.5 Å². The van der Waals surface area contributed by atoms with Crippen LogP contribution in [-0.4, -0.2) is 22.6 Å². The molecule has 1 atom stereocenters. The summed E-state index contributed by atoms with van der Waals surface area (Å²) < 4.78 is 5.78. The van der Waals surface area contributed by atoms with Crippen molar-refractivity contribution in [2.24, 2.45) is 0 Å². The number of rotatable bonds is 3. The van der Waals surface area contributed by atoms with Gasteiger partial charge in [0.05, 0.1) is 12.9 Å². The Morgan fingerprint density at radius 1 is 1.47 bits per heavy atom. The van der Waals surface area contributed by atoms with E-state index in [1.165, 1.54) is 11.9 Å². The molecule has 0 radical (unpaired) electrons. The minimum Gasteiger partial charge on any atom is -0.488 e. The van der Waals surface area contributed by atoms with E-state index in [0.29, 0.717) is 12.4 Å². The van der Waals surface area contributed by atoms with E-state index in [0.717, 1.165) is 12.2 Å². The molecule has 98 valence electrons. The molecule has 1 aliphatic rings. The molecule has 1 aromatic heterocycles. The average molecular weight is 258 g/mol. The molecule has 0 spiro atoms. The van der Waals surface area contributed by atoms with Gasteiger partial charge in [-0.1, -0.05) is 18.2 Å². The van der Waals surface area contributed by atoms with E-state index in [2.05, 4.69) is 21.4 Å². The molecule has 0 saturated heterocycles. The number of H-pyrrole nitrogens is 1. The SMILES string of the molecule is Nc1c(NCC2Cc3ccccc3O2)nc[nH]c1=O. The maximum atomic E-state index is 11.3. The van der Waals surface area contributed by atoms with Crippen LogP contribution in [0.3, 0.4) is 0 Å². The van der Waals surface area contributed by atoms with E-state index in [9.17, 15) is 4.79 Å². The molecular formula is C13H14N4O2. The summed E-state index contributed by atoms with van der Waals surface area (Å²) in [4.78, 5) is 17.7. The lowest BCUT2D eigenvalue weighted by atomic mass is 10.1. The second-order valence-electron chi connectivity index (χ2n) is 4.43. The van der Waals surface area contributed by atoms with Gasteiger partial charge in [-0.3, -0.25) is 4.79 Å². The molecule has 3 rings (SSSR count). The van der Waals surface area contributed by atoms with Gasteiger partial charge in [0.1, 0.15) is 17.5 Å². The Hall–Kier alpha value is -2.50. The molecule has 0 saturated carbocycles. The first kappa shape index (κ1) is 11.6. The van der Waals surface area contributed by atoms with Crippen LogP contribution in [-0.2, 0) is 6.42 Å². The highest BCUT2D eigenvalue weighted by molar-refractivity contribution is 5.59. The van der Waals surface area contributed by atoms with Crippen molar-refractivity contribution in [1.29, 1.82) is 0 Å². The lowest BCUT2D eigenvalue weighted by Gasteiger charge is -2.12. The van der Waals surface area contributed by atoms with Gasteiger partial charge in [0.25, 0.3) is 5.56 Å². The summed E-state index contributed by atoms with van der Waals surface area (Å²) in [5.41, 5.74) is 6.59. The second-order valence-corrected chi connectivity index (χ2v) is 4.43. The number of aromatic nitrogens is 2. The molecular weight excluding hydrogens is 244 g/mol. The van der Waals surface area contributed by atoms with Gasteiger partial charge >= 0.3 is 0 Å². The van der Waals surface area contributed by atoms with E-state index < -0.39 is 0 Å². The molecule has 2 heterocycles. The lowest BCUT2D eigenvalue weighted by molar-refractivity contribution is 0.246. The number of fused-ring (bicyclic) bond motifs is 1. The second kappa shape index (κ2) is 4.64. The number of aromatic amines is 1. The topological polar surface area (TPSA) is 93.0 Å². The van der Waals surface area contributed by atoms with Crippen molar-refractivity contribution in [2.45, 2.75) is 12.5 Å². The summed E-state index contributed by atoms with van der Waals surface area (Å²) >= 11 is 0. The Morgan fingerprint density at radius 3 is 3.16 bits per heavy atom. The first-order chi connectivity index (χ1) is 9.24. The average Bonchev–Trinajstić information content (AvgIpc) is 2.83. The van der Waals surface area contributed by atoms with Gasteiger partial charge < -0.3 is 20.8 Å². The fraction of sp³-hybridized carbons (Fsp3) is 0.231. The van der Waals surface area contributed by atoms with Crippen molar-refractivity contribution in [3.63, 3.8) is 0 Å². The number of hydrogen-bond acceptors (Lipinski definition) is 5. The predicted molar refractivity (Wildman–Crippen MR) is 72.3 cm³/mol. The molecule has 19 heavy (non-hydrogen) atoms. The minimum absolute atomic E-state index is 0.0258. The van der Waals surface area contributed by atoms with Crippen molar-refractivity contribution in [3.05, 3.63) is 46.5 Å². The van der Waals surface area contributed by atoms with Crippen molar-refractivity contribution in [2.75, 3.05) is 17.6 Å².